The van der Waals surface area contributed by atoms with Crippen LogP contribution in [0.4, 0.5) is 0 Å². The molecule has 1 fully saturated rings. The number of hydrogen-bond acceptors (Lipinski definition) is 3. The van der Waals surface area contributed by atoms with Crippen molar-refractivity contribution in [1.29, 1.82) is 0 Å². The summed E-state index contributed by atoms with van der Waals surface area (Å²) < 4.78 is 5.37. The van der Waals surface area contributed by atoms with E-state index >= 15 is 0 Å². The summed E-state index contributed by atoms with van der Waals surface area (Å²) in [6.45, 7) is 6.90. The molecule has 1 atom stereocenters. The van der Waals surface area contributed by atoms with Crippen molar-refractivity contribution in [3.8, 4) is 0 Å². The van der Waals surface area contributed by atoms with Crippen molar-refractivity contribution in [1.82, 2.24) is 4.90 Å². The molecule has 0 aromatic heterocycles. The molecule has 106 valence electrons. The first-order valence-electron chi connectivity index (χ1n) is 7.10. The van der Waals surface area contributed by atoms with Gasteiger partial charge in [0.15, 0.2) is 0 Å². The van der Waals surface area contributed by atoms with Crippen LogP contribution in [0.3, 0.4) is 0 Å². The summed E-state index contributed by atoms with van der Waals surface area (Å²) in [5, 5.41) is 10.4. The molecule has 0 amide bonds. The second-order valence-electron chi connectivity index (χ2n) is 5.67. The zero-order valence-corrected chi connectivity index (χ0v) is 12.2. The number of ether oxygens (including phenoxy) is 1. The highest BCUT2D eigenvalue weighted by atomic mass is 16.5. The molecule has 1 N–H and O–H groups in total. The minimum atomic E-state index is -0.391. The average Bonchev–Trinajstić information content (AvgIpc) is 2.38. The standard InChI is InChI=1S/C16H25NO2/c1-12-8-13(2)10-14(9-12)16(18)11-17-6-4-15(19-3)5-7-17/h8-10,15-16,18H,4-7,11H2,1-3H3. The Morgan fingerprint density at radius 2 is 1.79 bits per heavy atom. The molecule has 1 aromatic rings. The Bertz CT molecular complexity index is 391. The van der Waals surface area contributed by atoms with Gasteiger partial charge >= 0.3 is 0 Å². The van der Waals surface area contributed by atoms with Gasteiger partial charge in [-0.2, -0.15) is 0 Å². The van der Waals surface area contributed by atoms with Crippen LogP contribution in [0.2, 0.25) is 0 Å². The van der Waals surface area contributed by atoms with E-state index < -0.39 is 6.10 Å². The molecule has 1 aliphatic rings. The monoisotopic (exact) mass is 263 g/mol. The molecule has 1 aliphatic heterocycles. The first-order chi connectivity index (χ1) is 9.08. The molecule has 3 heteroatoms. The van der Waals surface area contributed by atoms with Crippen LogP contribution in [0.25, 0.3) is 0 Å². The molecule has 3 nitrogen and oxygen atoms in total. The van der Waals surface area contributed by atoms with Gasteiger partial charge in [-0.05, 0) is 32.3 Å². The Morgan fingerprint density at radius 3 is 2.32 bits per heavy atom. The minimum Gasteiger partial charge on any atom is -0.387 e. The minimum absolute atomic E-state index is 0.391. The fraction of sp³-hybridized carbons (Fsp3) is 0.625. The van der Waals surface area contributed by atoms with Crippen LogP contribution in [0.15, 0.2) is 18.2 Å². The fourth-order valence-electron chi connectivity index (χ4n) is 2.88. The highest BCUT2D eigenvalue weighted by molar-refractivity contribution is 5.30. The van der Waals surface area contributed by atoms with Gasteiger partial charge in [-0.3, -0.25) is 0 Å². The lowest BCUT2D eigenvalue weighted by Crippen LogP contribution is -2.38. The van der Waals surface area contributed by atoms with Gasteiger partial charge < -0.3 is 14.7 Å². The van der Waals surface area contributed by atoms with E-state index in [1.807, 2.05) is 0 Å². The Kier molecular flexibility index (Phi) is 4.97. The van der Waals surface area contributed by atoms with Gasteiger partial charge in [-0.15, -0.1) is 0 Å². The summed E-state index contributed by atoms with van der Waals surface area (Å²) >= 11 is 0. The predicted molar refractivity (Wildman–Crippen MR) is 77.3 cm³/mol. The molecular formula is C16H25NO2. The van der Waals surface area contributed by atoms with Crippen molar-refractivity contribution in [3.05, 3.63) is 34.9 Å². The van der Waals surface area contributed by atoms with Crippen molar-refractivity contribution >= 4 is 0 Å². The third kappa shape index (κ3) is 4.03. The van der Waals surface area contributed by atoms with Gasteiger partial charge in [-0.25, -0.2) is 0 Å². The van der Waals surface area contributed by atoms with Crippen LogP contribution in [0, 0.1) is 13.8 Å². The lowest BCUT2D eigenvalue weighted by molar-refractivity contribution is 0.0242. The van der Waals surface area contributed by atoms with Crippen molar-refractivity contribution < 1.29 is 9.84 Å². The molecule has 0 bridgehead atoms. The summed E-state index contributed by atoms with van der Waals surface area (Å²) in [5.74, 6) is 0. The van der Waals surface area contributed by atoms with Crippen LogP contribution in [0.5, 0.6) is 0 Å². The van der Waals surface area contributed by atoms with E-state index in [1.165, 1.54) is 11.1 Å². The molecule has 0 spiro atoms. The number of rotatable bonds is 4. The number of aliphatic hydroxyl groups is 1. The third-order valence-electron chi connectivity index (χ3n) is 3.93. The van der Waals surface area contributed by atoms with Crippen LogP contribution >= 0.6 is 0 Å². The first kappa shape index (κ1) is 14.5. The Hall–Kier alpha value is -0.900. The zero-order valence-electron chi connectivity index (χ0n) is 12.2. The topological polar surface area (TPSA) is 32.7 Å². The van der Waals surface area contributed by atoms with E-state index in [1.54, 1.807) is 7.11 Å². The second kappa shape index (κ2) is 6.51. The lowest BCUT2D eigenvalue weighted by atomic mass is 10.0. The number of aliphatic hydroxyl groups excluding tert-OH is 1. The second-order valence-corrected chi connectivity index (χ2v) is 5.67. The van der Waals surface area contributed by atoms with Crippen LogP contribution in [-0.2, 0) is 4.74 Å². The van der Waals surface area contributed by atoms with E-state index in [-0.39, 0.29) is 0 Å². The first-order valence-corrected chi connectivity index (χ1v) is 7.10. The van der Waals surface area contributed by atoms with E-state index in [4.69, 9.17) is 4.74 Å². The molecule has 2 rings (SSSR count). The maximum absolute atomic E-state index is 10.4. The van der Waals surface area contributed by atoms with Crippen molar-refractivity contribution in [2.24, 2.45) is 0 Å². The number of nitrogens with zero attached hydrogens (tertiary/aromatic N) is 1. The Morgan fingerprint density at radius 1 is 1.21 bits per heavy atom. The molecule has 0 saturated carbocycles. The summed E-state index contributed by atoms with van der Waals surface area (Å²) in [6.07, 6.45) is 2.14. The molecule has 1 saturated heterocycles. The smallest absolute Gasteiger partial charge is 0.0917 e. The maximum Gasteiger partial charge on any atom is 0.0917 e. The number of hydrogen-bond donors (Lipinski definition) is 1. The normalized spacial score (nSPS) is 19.6. The maximum atomic E-state index is 10.4. The summed E-state index contributed by atoms with van der Waals surface area (Å²) in [4.78, 5) is 2.33. The number of β-amino-alcohol motifs (C(OH)–C–C–N with tert-alkyl or cyclic N) is 1. The van der Waals surface area contributed by atoms with Crippen LogP contribution < -0.4 is 0 Å². The molecule has 1 aromatic carbocycles. The Balaban J connectivity index is 1.92. The molecule has 0 radical (unpaired) electrons. The SMILES string of the molecule is COC1CCN(CC(O)c2cc(C)cc(C)c2)CC1. The highest BCUT2D eigenvalue weighted by Gasteiger charge is 2.21. The van der Waals surface area contributed by atoms with E-state index in [0.29, 0.717) is 6.10 Å². The van der Waals surface area contributed by atoms with Gasteiger partial charge in [0.1, 0.15) is 0 Å². The van der Waals surface area contributed by atoms with Gasteiger partial charge in [0, 0.05) is 26.7 Å². The summed E-state index contributed by atoms with van der Waals surface area (Å²) in [7, 11) is 1.78. The van der Waals surface area contributed by atoms with E-state index in [2.05, 4.69) is 36.9 Å². The van der Waals surface area contributed by atoms with Crippen LogP contribution in [-0.4, -0.2) is 42.9 Å². The quantitative estimate of drug-likeness (QED) is 0.905. The van der Waals surface area contributed by atoms with Crippen molar-refractivity contribution in [2.75, 3.05) is 26.7 Å². The largest absolute Gasteiger partial charge is 0.387 e. The van der Waals surface area contributed by atoms with Gasteiger partial charge in [-0.1, -0.05) is 29.3 Å². The molecule has 1 heterocycles. The fourth-order valence-corrected chi connectivity index (χ4v) is 2.88. The van der Waals surface area contributed by atoms with E-state index in [0.717, 1.165) is 38.0 Å². The predicted octanol–water partition coefficient (Wildman–Crippen LogP) is 2.45. The summed E-state index contributed by atoms with van der Waals surface area (Å²) in [5.41, 5.74) is 3.46. The lowest BCUT2D eigenvalue weighted by Gasteiger charge is -2.32. The number of piperidine rings is 1. The van der Waals surface area contributed by atoms with Gasteiger partial charge in [0.05, 0.1) is 12.2 Å². The Labute approximate surface area is 116 Å². The number of methoxy groups -OCH3 is 1. The van der Waals surface area contributed by atoms with Crippen molar-refractivity contribution in [2.45, 2.75) is 38.9 Å². The average molecular weight is 263 g/mol. The number of benzene rings is 1. The molecular weight excluding hydrogens is 238 g/mol. The van der Waals surface area contributed by atoms with Gasteiger partial charge in [0.25, 0.3) is 0 Å². The van der Waals surface area contributed by atoms with E-state index in [9.17, 15) is 5.11 Å². The van der Waals surface area contributed by atoms with Gasteiger partial charge in [0.2, 0.25) is 0 Å². The van der Waals surface area contributed by atoms with Crippen molar-refractivity contribution in [3.63, 3.8) is 0 Å². The molecule has 19 heavy (non-hydrogen) atoms. The molecule has 0 aliphatic carbocycles. The van der Waals surface area contributed by atoms with Crippen LogP contribution in [0.1, 0.15) is 35.6 Å². The molecule has 1 unspecified atom stereocenters. The zero-order chi connectivity index (χ0) is 13.8. The summed E-state index contributed by atoms with van der Waals surface area (Å²) in [6, 6.07) is 6.31. The third-order valence-corrected chi connectivity index (χ3v) is 3.93. The number of aryl methyl sites for hydroxylation is 2. The highest BCUT2D eigenvalue weighted by Crippen LogP contribution is 2.20. The number of likely N-dealkylation sites (tertiary alicyclic amines) is 1.